The van der Waals surface area contributed by atoms with E-state index in [-0.39, 0.29) is 18.9 Å². The summed E-state index contributed by atoms with van der Waals surface area (Å²) < 4.78 is 12.9. The summed E-state index contributed by atoms with van der Waals surface area (Å²) in [7, 11) is 0. The molecule has 1 aromatic carbocycles. The van der Waals surface area contributed by atoms with E-state index in [1.807, 2.05) is 6.07 Å². The minimum absolute atomic E-state index is 0.250. The zero-order valence-electron chi connectivity index (χ0n) is 8.38. The van der Waals surface area contributed by atoms with Gasteiger partial charge in [0.05, 0.1) is 12.5 Å². The number of nitriles is 1. The Morgan fingerprint density at radius 2 is 2.33 bits per heavy atom. The van der Waals surface area contributed by atoms with E-state index in [1.54, 1.807) is 13.0 Å². The van der Waals surface area contributed by atoms with Gasteiger partial charge in [-0.3, -0.25) is 4.79 Å². The van der Waals surface area contributed by atoms with Crippen LogP contribution in [0.1, 0.15) is 22.3 Å². The summed E-state index contributed by atoms with van der Waals surface area (Å²) >= 11 is 0. The maximum absolute atomic E-state index is 12.9. The summed E-state index contributed by atoms with van der Waals surface area (Å²) in [6, 6.07) is 5.96. The molecular formula is C11H11FN2O. The molecule has 0 aliphatic carbocycles. The van der Waals surface area contributed by atoms with Crippen molar-refractivity contribution >= 4 is 5.91 Å². The number of amides is 1. The first-order valence-corrected chi connectivity index (χ1v) is 4.56. The van der Waals surface area contributed by atoms with Crippen molar-refractivity contribution in [3.05, 3.63) is 35.1 Å². The molecule has 15 heavy (non-hydrogen) atoms. The van der Waals surface area contributed by atoms with Gasteiger partial charge in [-0.25, -0.2) is 4.39 Å². The van der Waals surface area contributed by atoms with Crippen LogP contribution in [-0.4, -0.2) is 12.5 Å². The van der Waals surface area contributed by atoms with Crippen molar-refractivity contribution in [2.24, 2.45) is 0 Å². The van der Waals surface area contributed by atoms with Crippen LogP contribution in [0, 0.1) is 24.1 Å². The molecule has 0 aliphatic heterocycles. The Morgan fingerprint density at radius 1 is 1.60 bits per heavy atom. The van der Waals surface area contributed by atoms with Crippen molar-refractivity contribution in [2.75, 3.05) is 6.54 Å². The molecule has 0 aromatic heterocycles. The molecule has 1 rings (SSSR count). The molecule has 4 heteroatoms. The van der Waals surface area contributed by atoms with Crippen LogP contribution >= 0.6 is 0 Å². The quantitative estimate of drug-likeness (QED) is 0.766. The number of hydrogen-bond donors (Lipinski definition) is 1. The highest BCUT2D eigenvalue weighted by Crippen LogP contribution is 2.09. The van der Waals surface area contributed by atoms with Gasteiger partial charge in [0.15, 0.2) is 0 Å². The monoisotopic (exact) mass is 206 g/mol. The van der Waals surface area contributed by atoms with E-state index in [2.05, 4.69) is 5.32 Å². The summed E-state index contributed by atoms with van der Waals surface area (Å²) in [5.74, 6) is -0.784. The van der Waals surface area contributed by atoms with Gasteiger partial charge < -0.3 is 5.32 Å². The molecule has 0 fully saturated rings. The highest BCUT2D eigenvalue weighted by atomic mass is 19.1. The molecule has 0 aliphatic rings. The van der Waals surface area contributed by atoms with E-state index in [0.29, 0.717) is 11.1 Å². The summed E-state index contributed by atoms with van der Waals surface area (Å²) in [6.45, 7) is 2.02. The van der Waals surface area contributed by atoms with Crippen LogP contribution < -0.4 is 5.32 Å². The van der Waals surface area contributed by atoms with Crippen molar-refractivity contribution in [1.82, 2.24) is 5.32 Å². The molecule has 0 saturated heterocycles. The molecule has 1 aromatic rings. The van der Waals surface area contributed by atoms with Crippen molar-refractivity contribution in [3.8, 4) is 6.07 Å². The lowest BCUT2D eigenvalue weighted by atomic mass is 10.1. The molecule has 0 saturated carbocycles. The molecule has 0 unspecified atom stereocenters. The molecular weight excluding hydrogens is 195 g/mol. The van der Waals surface area contributed by atoms with Crippen LogP contribution in [0.2, 0.25) is 0 Å². The molecule has 1 amide bonds. The van der Waals surface area contributed by atoms with E-state index >= 15 is 0 Å². The molecule has 78 valence electrons. The smallest absolute Gasteiger partial charge is 0.251 e. The standard InChI is InChI=1S/C11H11FN2O/c1-8-3-4-9(12)7-10(8)11(15)14-6-2-5-13/h3-4,7H,2,6H2,1H3,(H,14,15). The Bertz CT molecular complexity index is 410. The van der Waals surface area contributed by atoms with E-state index in [0.717, 1.165) is 0 Å². The highest BCUT2D eigenvalue weighted by Gasteiger charge is 2.08. The predicted octanol–water partition coefficient (Wildman–Crippen LogP) is 1.78. The summed E-state index contributed by atoms with van der Waals surface area (Å²) in [6.07, 6.45) is 0.250. The number of rotatable bonds is 3. The van der Waals surface area contributed by atoms with Crippen molar-refractivity contribution in [3.63, 3.8) is 0 Å². The third kappa shape index (κ3) is 3.06. The Morgan fingerprint density at radius 3 is 3.00 bits per heavy atom. The number of halogens is 1. The molecule has 0 atom stereocenters. The highest BCUT2D eigenvalue weighted by molar-refractivity contribution is 5.95. The molecule has 0 radical (unpaired) electrons. The van der Waals surface area contributed by atoms with Gasteiger partial charge in [-0.2, -0.15) is 5.26 Å². The van der Waals surface area contributed by atoms with Gasteiger partial charge in [-0.05, 0) is 24.6 Å². The predicted molar refractivity (Wildman–Crippen MR) is 53.7 cm³/mol. The average molecular weight is 206 g/mol. The second-order valence-electron chi connectivity index (χ2n) is 3.12. The van der Waals surface area contributed by atoms with Crippen molar-refractivity contribution in [2.45, 2.75) is 13.3 Å². The molecule has 1 N–H and O–H groups in total. The van der Waals surface area contributed by atoms with E-state index in [4.69, 9.17) is 5.26 Å². The normalized spacial score (nSPS) is 9.40. The fourth-order valence-electron chi connectivity index (χ4n) is 1.17. The number of aryl methyl sites for hydroxylation is 1. The number of hydrogen-bond acceptors (Lipinski definition) is 2. The second-order valence-corrected chi connectivity index (χ2v) is 3.12. The van der Waals surface area contributed by atoms with Gasteiger partial charge in [0.1, 0.15) is 5.82 Å². The van der Waals surface area contributed by atoms with Gasteiger partial charge in [0.25, 0.3) is 5.91 Å². The zero-order chi connectivity index (χ0) is 11.3. The SMILES string of the molecule is Cc1ccc(F)cc1C(=O)NCCC#N. The lowest BCUT2D eigenvalue weighted by Gasteiger charge is -2.05. The summed E-state index contributed by atoms with van der Waals surface area (Å²) in [5.41, 5.74) is 1.03. The van der Waals surface area contributed by atoms with Crippen LogP contribution in [0.25, 0.3) is 0 Å². The maximum atomic E-state index is 12.9. The first-order chi connectivity index (χ1) is 7.15. The molecule has 0 spiro atoms. The minimum atomic E-state index is -0.439. The van der Waals surface area contributed by atoms with E-state index < -0.39 is 5.82 Å². The number of nitrogens with one attached hydrogen (secondary N) is 1. The van der Waals surface area contributed by atoms with Gasteiger partial charge in [-0.1, -0.05) is 6.07 Å². The number of benzene rings is 1. The Balaban J connectivity index is 2.73. The van der Waals surface area contributed by atoms with E-state index in [1.165, 1.54) is 12.1 Å². The molecule has 3 nitrogen and oxygen atoms in total. The molecule has 0 heterocycles. The summed E-state index contributed by atoms with van der Waals surface area (Å²) in [5, 5.41) is 10.8. The lowest BCUT2D eigenvalue weighted by Crippen LogP contribution is -2.25. The zero-order valence-corrected chi connectivity index (χ0v) is 8.38. The van der Waals surface area contributed by atoms with Gasteiger partial charge in [-0.15, -0.1) is 0 Å². The summed E-state index contributed by atoms with van der Waals surface area (Å²) in [4.78, 5) is 11.5. The Labute approximate surface area is 87.5 Å². The third-order valence-electron chi connectivity index (χ3n) is 1.97. The Hall–Kier alpha value is -1.89. The van der Waals surface area contributed by atoms with Gasteiger partial charge in [0, 0.05) is 12.1 Å². The fourth-order valence-corrected chi connectivity index (χ4v) is 1.17. The van der Waals surface area contributed by atoms with Gasteiger partial charge >= 0.3 is 0 Å². The third-order valence-corrected chi connectivity index (χ3v) is 1.97. The van der Waals surface area contributed by atoms with Crippen LogP contribution in [0.5, 0.6) is 0 Å². The number of carbonyl (C=O) groups excluding carboxylic acids is 1. The van der Waals surface area contributed by atoms with Crippen molar-refractivity contribution < 1.29 is 9.18 Å². The van der Waals surface area contributed by atoms with E-state index in [9.17, 15) is 9.18 Å². The average Bonchev–Trinajstić information content (AvgIpc) is 2.22. The number of nitrogens with zero attached hydrogens (tertiary/aromatic N) is 1. The lowest BCUT2D eigenvalue weighted by molar-refractivity contribution is 0.0953. The molecule has 0 bridgehead atoms. The van der Waals surface area contributed by atoms with Crippen molar-refractivity contribution in [1.29, 1.82) is 5.26 Å². The first kappa shape index (κ1) is 11.2. The van der Waals surface area contributed by atoms with Crippen LogP contribution in [0.4, 0.5) is 4.39 Å². The van der Waals surface area contributed by atoms with Crippen LogP contribution in [0.15, 0.2) is 18.2 Å². The topological polar surface area (TPSA) is 52.9 Å². The van der Waals surface area contributed by atoms with Crippen LogP contribution in [0.3, 0.4) is 0 Å². The maximum Gasteiger partial charge on any atom is 0.251 e. The number of carbonyl (C=O) groups is 1. The first-order valence-electron chi connectivity index (χ1n) is 4.56. The largest absolute Gasteiger partial charge is 0.351 e. The Kier molecular flexibility index (Phi) is 3.81. The van der Waals surface area contributed by atoms with Crippen LogP contribution in [-0.2, 0) is 0 Å². The van der Waals surface area contributed by atoms with Gasteiger partial charge in [0.2, 0.25) is 0 Å². The fraction of sp³-hybridized carbons (Fsp3) is 0.273. The minimum Gasteiger partial charge on any atom is -0.351 e. The second kappa shape index (κ2) is 5.11.